The number of aryl methyl sites for hydroxylation is 1. The lowest BCUT2D eigenvalue weighted by Crippen LogP contribution is -2.76. The standard InChI is InChI=1S/C25H31N5O12S.ClH/c1-15-7-27(22(31)18-3-2-4-19(21(15)18)43(38,39)28-6-5-16(26)8-28)9-20-24(12-25(20,13-24)23(32)33)14-40-10-17(42-30(36)37)11-41-29(34)35;/h2-4,7,16-17,20H,5-6,8-14,26H2,1H3,(H,32,33);1H/t16-,17?,20?,24?,25?;/m0./s1. The minimum absolute atomic E-state index is 0. The fourth-order valence-corrected chi connectivity index (χ4v) is 8.74. The molecule has 4 aliphatic rings. The first-order valence-corrected chi connectivity index (χ1v) is 14.9. The molecule has 2 bridgehead atoms. The van der Waals surface area contributed by atoms with Crippen molar-refractivity contribution in [3.8, 4) is 0 Å². The molecule has 17 nitrogen and oxygen atoms in total. The second-order valence-corrected chi connectivity index (χ2v) is 13.5. The number of aliphatic carboxylic acids is 1. The average molecular weight is 662 g/mol. The summed E-state index contributed by atoms with van der Waals surface area (Å²) in [5.41, 5.74) is 4.23. The lowest BCUT2D eigenvalue weighted by Gasteiger charge is -2.74. The van der Waals surface area contributed by atoms with Gasteiger partial charge in [0.1, 0.15) is 6.61 Å². The van der Waals surface area contributed by atoms with Gasteiger partial charge in [-0.3, -0.25) is 9.59 Å². The maximum atomic E-state index is 13.6. The third kappa shape index (κ3) is 5.67. The van der Waals surface area contributed by atoms with E-state index in [1.165, 1.54) is 33.3 Å². The van der Waals surface area contributed by atoms with Crippen molar-refractivity contribution >= 4 is 39.2 Å². The molecule has 1 aromatic heterocycles. The van der Waals surface area contributed by atoms with Crippen molar-refractivity contribution in [1.82, 2.24) is 8.87 Å². The molecule has 0 amide bonds. The summed E-state index contributed by atoms with van der Waals surface area (Å²) in [5, 5.41) is 29.4. The van der Waals surface area contributed by atoms with E-state index in [0.717, 1.165) is 0 Å². The molecule has 242 valence electrons. The second kappa shape index (κ2) is 12.1. The maximum absolute atomic E-state index is 13.6. The normalized spacial score (nSPS) is 26.6. The number of carbonyl (C=O) groups is 1. The molecule has 44 heavy (non-hydrogen) atoms. The van der Waals surface area contributed by atoms with E-state index in [-0.39, 0.29) is 67.8 Å². The van der Waals surface area contributed by atoms with Crippen LogP contribution in [0.5, 0.6) is 0 Å². The summed E-state index contributed by atoms with van der Waals surface area (Å²) in [5.74, 6) is -1.55. The number of carboxylic acids is 1. The topological polar surface area (TPSA) is 237 Å². The number of fused-ring (bicyclic) bond motifs is 1. The van der Waals surface area contributed by atoms with Crippen LogP contribution in [-0.4, -0.2) is 83.6 Å². The number of nitrogens with two attached hydrogens (primary N) is 1. The Morgan fingerprint density at radius 3 is 2.52 bits per heavy atom. The van der Waals surface area contributed by atoms with E-state index in [2.05, 4.69) is 9.68 Å². The molecule has 2 aromatic rings. The summed E-state index contributed by atoms with van der Waals surface area (Å²) in [6, 6.07) is 4.22. The van der Waals surface area contributed by atoms with Crippen molar-refractivity contribution in [2.24, 2.45) is 22.5 Å². The number of pyridine rings is 1. The first kappa shape index (κ1) is 33.3. The quantitative estimate of drug-likeness (QED) is 0.210. The Hall–Kier alpha value is -3.58. The van der Waals surface area contributed by atoms with Gasteiger partial charge in [0.25, 0.3) is 15.7 Å². The van der Waals surface area contributed by atoms with Crippen LogP contribution < -0.4 is 11.3 Å². The zero-order valence-electron chi connectivity index (χ0n) is 23.5. The van der Waals surface area contributed by atoms with E-state index in [9.17, 15) is 43.3 Å². The molecule has 6 rings (SSSR count). The zero-order chi connectivity index (χ0) is 31.3. The van der Waals surface area contributed by atoms with Gasteiger partial charge in [0, 0.05) is 54.0 Å². The van der Waals surface area contributed by atoms with Crippen LogP contribution in [0.3, 0.4) is 0 Å². The lowest BCUT2D eigenvalue weighted by atomic mass is 9.29. The van der Waals surface area contributed by atoms with Gasteiger partial charge in [-0.25, -0.2) is 8.42 Å². The molecule has 3 aliphatic carbocycles. The van der Waals surface area contributed by atoms with E-state index in [1.807, 2.05) is 0 Å². The lowest BCUT2D eigenvalue weighted by molar-refractivity contribution is -0.790. The SMILES string of the molecule is Cc1cn(CC2C3(COCC(CO[N+](=O)[O-])O[N+](=O)[O-])CC2(C(=O)O)C3)c(=O)c2cccc(S(=O)(=O)N3CC[C@H](N)C3)c12.Cl. The van der Waals surface area contributed by atoms with Crippen LogP contribution in [0.1, 0.15) is 24.8 Å². The van der Waals surface area contributed by atoms with Crippen LogP contribution in [0.25, 0.3) is 10.8 Å². The minimum atomic E-state index is -3.92. The molecule has 3 saturated carbocycles. The van der Waals surface area contributed by atoms with Crippen molar-refractivity contribution in [2.45, 2.75) is 49.8 Å². The Bertz CT molecular complexity index is 1640. The molecule has 1 aromatic carbocycles. The van der Waals surface area contributed by atoms with Gasteiger partial charge in [-0.15, -0.1) is 32.6 Å². The summed E-state index contributed by atoms with van der Waals surface area (Å²) in [6.45, 7) is 0.977. The summed E-state index contributed by atoms with van der Waals surface area (Å²) >= 11 is 0. The number of hydrogen-bond donors (Lipinski definition) is 2. The molecule has 2 heterocycles. The Balaban J connectivity index is 0.00000442. The van der Waals surface area contributed by atoms with Gasteiger partial charge in [0.15, 0.2) is 6.10 Å². The molecule has 0 spiro atoms. The minimum Gasteiger partial charge on any atom is -0.481 e. The highest BCUT2D eigenvalue weighted by Gasteiger charge is 2.79. The molecule has 1 saturated heterocycles. The number of rotatable bonds is 14. The van der Waals surface area contributed by atoms with E-state index >= 15 is 0 Å². The molecule has 4 fully saturated rings. The zero-order valence-corrected chi connectivity index (χ0v) is 25.2. The highest BCUT2D eigenvalue weighted by Crippen LogP contribution is 2.77. The fourth-order valence-electron chi connectivity index (χ4n) is 6.95. The van der Waals surface area contributed by atoms with Crippen LogP contribution in [0, 0.1) is 43.9 Å². The number of ether oxygens (including phenoxy) is 1. The third-order valence-corrected chi connectivity index (χ3v) is 10.8. The van der Waals surface area contributed by atoms with Crippen molar-refractivity contribution in [1.29, 1.82) is 0 Å². The number of benzene rings is 1. The number of nitrogens with zero attached hydrogens (tertiary/aromatic N) is 4. The molecular formula is C25H32ClN5O12S. The summed E-state index contributed by atoms with van der Waals surface area (Å²) in [7, 11) is -3.92. The smallest absolute Gasteiger partial charge is 0.310 e. The Morgan fingerprint density at radius 2 is 1.93 bits per heavy atom. The van der Waals surface area contributed by atoms with Crippen LogP contribution in [0.4, 0.5) is 0 Å². The van der Waals surface area contributed by atoms with Crippen LogP contribution >= 0.6 is 12.4 Å². The number of carboxylic acid groups (broad SMARTS) is 1. The third-order valence-electron chi connectivity index (χ3n) is 8.91. The van der Waals surface area contributed by atoms with Crippen LogP contribution in [0.15, 0.2) is 34.1 Å². The van der Waals surface area contributed by atoms with Gasteiger partial charge in [0.2, 0.25) is 10.0 Å². The highest BCUT2D eigenvalue weighted by atomic mass is 35.5. The van der Waals surface area contributed by atoms with E-state index in [0.29, 0.717) is 17.4 Å². The van der Waals surface area contributed by atoms with Crippen molar-refractivity contribution in [3.63, 3.8) is 0 Å². The summed E-state index contributed by atoms with van der Waals surface area (Å²) in [4.78, 5) is 55.6. The highest BCUT2D eigenvalue weighted by molar-refractivity contribution is 7.89. The first-order valence-electron chi connectivity index (χ1n) is 13.5. The van der Waals surface area contributed by atoms with Gasteiger partial charge in [-0.05, 0) is 43.9 Å². The van der Waals surface area contributed by atoms with Gasteiger partial charge in [-0.1, -0.05) is 6.07 Å². The second-order valence-electron chi connectivity index (χ2n) is 11.6. The van der Waals surface area contributed by atoms with Gasteiger partial charge in [-0.2, -0.15) is 4.31 Å². The van der Waals surface area contributed by atoms with E-state index in [4.69, 9.17) is 10.5 Å². The van der Waals surface area contributed by atoms with Crippen LogP contribution in [-0.2, 0) is 35.8 Å². The summed E-state index contributed by atoms with van der Waals surface area (Å²) in [6.07, 6.45) is 1.19. The number of sulfonamides is 1. The molecule has 19 heteroatoms. The van der Waals surface area contributed by atoms with E-state index < -0.39 is 67.8 Å². The predicted molar refractivity (Wildman–Crippen MR) is 152 cm³/mol. The van der Waals surface area contributed by atoms with Crippen molar-refractivity contribution in [2.75, 3.05) is 32.9 Å². The maximum Gasteiger partial charge on any atom is 0.310 e. The Labute approximate surface area is 256 Å². The largest absolute Gasteiger partial charge is 0.481 e. The van der Waals surface area contributed by atoms with Crippen molar-refractivity contribution in [3.05, 3.63) is 60.5 Å². The molecule has 1 aliphatic heterocycles. The number of aromatic nitrogens is 1. The monoisotopic (exact) mass is 661 g/mol. The Kier molecular flexibility index (Phi) is 9.14. The summed E-state index contributed by atoms with van der Waals surface area (Å²) < 4.78 is 35.2. The van der Waals surface area contributed by atoms with E-state index in [1.54, 1.807) is 6.92 Å². The number of hydrogen-bond acceptors (Lipinski definition) is 12. The molecular weight excluding hydrogens is 630 g/mol. The predicted octanol–water partition coefficient (Wildman–Crippen LogP) is 0.736. The molecule has 3 atom stereocenters. The van der Waals surface area contributed by atoms with Crippen molar-refractivity contribution < 1.29 is 42.9 Å². The molecule has 2 unspecified atom stereocenters. The van der Waals surface area contributed by atoms with Gasteiger partial charge < -0.3 is 29.8 Å². The fraction of sp³-hybridized carbons (Fsp3) is 0.600. The first-order chi connectivity index (χ1) is 20.2. The van der Waals surface area contributed by atoms with Crippen LogP contribution in [0.2, 0.25) is 0 Å². The molecule has 3 N–H and O–H groups in total. The molecule has 0 radical (unpaired) electrons. The number of halogens is 1. The Morgan fingerprint density at radius 1 is 1.23 bits per heavy atom. The average Bonchev–Trinajstić information content (AvgIpc) is 3.35. The van der Waals surface area contributed by atoms with Gasteiger partial charge in [0.05, 0.1) is 23.5 Å². The van der Waals surface area contributed by atoms with Gasteiger partial charge >= 0.3 is 5.97 Å².